The first kappa shape index (κ1) is 17.1. The SMILES string of the molecule is O=C1C(Br)=C/C(=N\S(=O)(=O)c2ccc(Cl)cc2)C(Br)=C1Br. The van der Waals surface area contributed by atoms with Crippen molar-refractivity contribution in [2.24, 2.45) is 4.40 Å². The van der Waals surface area contributed by atoms with Crippen molar-refractivity contribution < 1.29 is 13.2 Å². The van der Waals surface area contributed by atoms with Crippen molar-refractivity contribution in [3.05, 3.63) is 48.8 Å². The first-order valence-electron chi connectivity index (χ1n) is 5.30. The van der Waals surface area contributed by atoms with Gasteiger partial charge in [-0.1, -0.05) is 11.6 Å². The lowest BCUT2D eigenvalue weighted by Gasteiger charge is -2.10. The number of hydrogen-bond donors (Lipinski definition) is 0. The lowest BCUT2D eigenvalue weighted by Crippen LogP contribution is -2.13. The van der Waals surface area contributed by atoms with Crippen LogP contribution in [-0.4, -0.2) is 19.9 Å². The molecule has 0 aromatic heterocycles. The first-order valence-corrected chi connectivity index (χ1v) is 9.50. The molecule has 0 saturated carbocycles. The van der Waals surface area contributed by atoms with Gasteiger partial charge in [-0.3, -0.25) is 4.79 Å². The molecular weight excluding hydrogens is 513 g/mol. The Morgan fingerprint density at radius 1 is 1.00 bits per heavy atom. The van der Waals surface area contributed by atoms with Crippen LogP contribution < -0.4 is 0 Å². The van der Waals surface area contributed by atoms with Crippen LogP contribution in [-0.2, 0) is 14.8 Å². The minimum Gasteiger partial charge on any atom is -0.287 e. The van der Waals surface area contributed by atoms with Crippen LogP contribution in [0.15, 0.2) is 53.1 Å². The van der Waals surface area contributed by atoms with Crippen molar-refractivity contribution in [2.75, 3.05) is 0 Å². The number of ketones is 1. The van der Waals surface area contributed by atoms with E-state index in [2.05, 4.69) is 52.2 Å². The second-order valence-corrected chi connectivity index (χ2v) is 8.34. The molecule has 0 spiro atoms. The summed E-state index contributed by atoms with van der Waals surface area (Å²) in [5.41, 5.74) is 0.114. The van der Waals surface area contributed by atoms with Crippen LogP contribution in [0, 0.1) is 0 Å². The molecule has 0 radical (unpaired) electrons. The maximum absolute atomic E-state index is 12.2. The van der Waals surface area contributed by atoms with Gasteiger partial charge < -0.3 is 0 Å². The molecule has 0 saturated heterocycles. The third-order valence-corrected chi connectivity index (χ3v) is 6.66. The standard InChI is InChI=1S/C12H5Br3ClNO3S/c13-8-5-9(10(14)11(15)12(8)18)17-21(19,20)7-3-1-6(16)2-4-7/h1-5H/b17-9+. The van der Waals surface area contributed by atoms with E-state index in [9.17, 15) is 13.2 Å². The normalized spacial score (nSPS) is 18.2. The van der Waals surface area contributed by atoms with Crippen molar-refractivity contribution >= 4 is 80.9 Å². The van der Waals surface area contributed by atoms with E-state index in [1.54, 1.807) is 0 Å². The smallest absolute Gasteiger partial charge is 0.282 e. The number of halogens is 4. The van der Waals surface area contributed by atoms with E-state index in [4.69, 9.17) is 11.6 Å². The zero-order valence-electron chi connectivity index (χ0n) is 9.98. The van der Waals surface area contributed by atoms with Gasteiger partial charge in [0.2, 0.25) is 5.78 Å². The molecule has 0 amide bonds. The summed E-state index contributed by atoms with van der Waals surface area (Å²) in [6, 6.07) is 5.65. The van der Waals surface area contributed by atoms with E-state index in [0.29, 0.717) is 5.02 Å². The molecule has 9 heteroatoms. The van der Waals surface area contributed by atoms with Crippen LogP contribution in [0.2, 0.25) is 5.02 Å². The largest absolute Gasteiger partial charge is 0.287 e. The summed E-state index contributed by atoms with van der Waals surface area (Å²) in [5.74, 6) is -0.301. The average molecular weight is 518 g/mol. The first-order chi connectivity index (χ1) is 9.72. The molecule has 0 bridgehead atoms. The molecule has 0 atom stereocenters. The molecule has 21 heavy (non-hydrogen) atoms. The Hall–Kier alpha value is -0.280. The summed E-state index contributed by atoms with van der Waals surface area (Å²) in [7, 11) is -3.91. The van der Waals surface area contributed by atoms with Crippen molar-refractivity contribution in [3.8, 4) is 0 Å². The van der Waals surface area contributed by atoms with Crippen molar-refractivity contribution in [1.82, 2.24) is 0 Å². The molecule has 110 valence electrons. The Labute approximate surface area is 151 Å². The third-order valence-electron chi connectivity index (χ3n) is 2.43. The Kier molecular flexibility index (Phi) is 5.25. The molecule has 0 unspecified atom stereocenters. The maximum Gasteiger partial charge on any atom is 0.282 e. The van der Waals surface area contributed by atoms with Gasteiger partial charge in [0.05, 0.1) is 24.1 Å². The summed E-state index contributed by atoms with van der Waals surface area (Å²) in [4.78, 5) is 11.7. The van der Waals surface area contributed by atoms with Gasteiger partial charge in [0, 0.05) is 5.02 Å². The monoisotopic (exact) mass is 515 g/mol. The molecular formula is C12H5Br3ClNO3S. The minimum absolute atomic E-state index is 0.0113. The topological polar surface area (TPSA) is 63.6 Å². The molecule has 2 rings (SSSR count). The number of Topliss-reactive ketones (excluding diaryl/α,β-unsaturated/α-hetero) is 1. The molecule has 1 aliphatic carbocycles. The van der Waals surface area contributed by atoms with Crippen LogP contribution in [0.1, 0.15) is 0 Å². The summed E-state index contributed by atoms with van der Waals surface area (Å²) in [6.45, 7) is 0. The van der Waals surface area contributed by atoms with Crippen LogP contribution in [0.4, 0.5) is 0 Å². The third kappa shape index (κ3) is 3.73. The van der Waals surface area contributed by atoms with E-state index in [1.165, 1.54) is 30.3 Å². The fourth-order valence-corrected chi connectivity index (χ4v) is 4.13. The summed E-state index contributed by atoms with van der Waals surface area (Å²) in [5, 5.41) is 0.427. The predicted octanol–water partition coefficient (Wildman–Crippen LogP) is 4.33. The zero-order valence-corrected chi connectivity index (χ0v) is 16.3. The van der Waals surface area contributed by atoms with Gasteiger partial charge in [-0.05, 0) is 78.1 Å². The highest BCUT2D eigenvalue weighted by atomic mass is 79.9. The fraction of sp³-hybridized carbons (Fsp3) is 0. The number of hydrogen-bond acceptors (Lipinski definition) is 3. The molecule has 0 aliphatic heterocycles. The predicted molar refractivity (Wildman–Crippen MR) is 93.0 cm³/mol. The number of allylic oxidation sites excluding steroid dienone is 4. The highest BCUT2D eigenvalue weighted by Crippen LogP contribution is 2.31. The average Bonchev–Trinajstić information content (AvgIpc) is 2.42. The van der Waals surface area contributed by atoms with Crippen LogP contribution in [0.5, 0.6) is 0 Å². The summed E-state index contributed by atoms with van der Waals surface area (Å²) >= 11 is 15.0. The fourth-order valence-electron chi connectivity index (χ4n) is 1.42. The van der Waals surface area contributed by atoms with E-state index >= 15 is 0 Å². The zero-order chi connectivity index (χ0) is 15.8. The lowest BCUT2D eigenvalue weighted by atomic mass is 10.2. The van der Waals surface area contributed by atoms with Crippen molar-refractivity contribution in [2.45, 2.75) is 4.90 Å². The van der Waals surface area contributed by atoms with Crippen LogP contribution >= 0.6 is 59.4 Å². The second-order valence-electron chi connectivity index (χ2n) is 3.85. The Bertz CT molecular complexity index is 811. The lowest BCUT2D eigenvalue weighted by molar-refractivity contribution is -0.110. The van der Waals surface area contributed by atoms with Crippen LogP contribution in [0.3, 0.4) is 0 Å². The molecule has 1 aromatic rings. The minimum atomic E-state index is -3.91. The molecule has 1 aliphatic rings. The van der Waals surface area contributed by atoms with Crippen LogP contribution in [0.25, 0.3) is 0 Å². The Morgan fingerprint density at radius 2 is 1.57 bits per heavy atom. The maximum atomic E-state index is 12.2. The highest BCUT2D eigenvalue weighted by Gasteiger charge is 2.25. The summed E-state index contributed by atoms with van der Waals surface area (Å²) in [6.07, 6.45) is 1.34. The quantitative estimate of drug-likeness (QED) is 0.548. The number of sulfonamides is 1. The van der Waals surface area contributed by atoms with Gasteiger partial charge in [0.1, 0.15) is 0 Å². The van der Waals surface area contributed by atoms with Crippen molar-refractivity contribution in [3.63, 3.8) is 0 Å². The molecule has 0 fully saturated rings. The van der Waals surface area contributed by atoms with E-state index in [0.717, 1.165) is 0 Å². The van der Waals surface area contributed by atoms with Gasteiger partial charge in [0.15, 0.2) is 0 Å². The molecule has 0 N–H and O–H groups in total. The second kappa shape index (κ2) is 6.45. The number of carbonyl (C=O) groups excluding carboxylic acids is 1. The van der Waals surface area contributed by atoms with Crippen molar-refractivity contribution in [1.29, 1.82) is 0 Å². The number of carbonyl (C=O) groups is 1. The van der Waals surface area contributed by atoms with E-state index in [-0.39, 0.29) is 29.8 Å². The number of nitrogens with zero attached hydrogens (tertiary/aromatic N) is 1. The number of benzene rings is 1. The number of rotatable bonds is 2. The molecule has 4 nitrogen and oxygen atoms in total. The Balaban J connectivity index is 2.52. The summed E-state index contributed by atoms with van der Waals surface area (Å²) < 4.78 is 28.9. The van der Waals surface area contributed by atoms with Gasteiger partial charge in [-0.25, -0.2) is 0 Å². The molecule has 1 aromatic carbocycles. The van der Waals surface area contributed by atoms with Gasteiger partial charge in [-0.15, -0.1) is 0 Å². The van der Waals surface area contributed by atoms with Gasteiger partial charge in [0.25, 0.3) is 10.0 Å². The van der Waals surface area contributed by atoms with Gasteiger partial charge >= 0.3 is 0 Å². The van der Waals surface area contributed by atoms with Gasteiger partial charge in [-0.2, -0.15) is 12.8 Å². The Morgan fingerprint density at radius 3 is 2.14 bits per heavy atom. The molecule has 0 heterocycles. The van der Waals surface area contributed by atoms with E-state index in [1.807, 2.05) is 0 Å². The van der Waals surface area contributed by atoms with E-state index < -0.39 is 10.0 Å². The highest BCUT2D eigenvalue weighted by molar-refractivity contribution is 9.15.